The Labute approximate surface area is 167 Å². The molecular formula is C20H26F3NO5. The first-order valence-electron chi connectivity index (χ1n) is 8.97. The Balaban J connectivity index is 3.30. The highest BCUT2D eigenvalue weighted by Gasteiger charge is 2.57. The van der Waals surface area contributed by atoms with E-state index >= 15 is 0 Å². The second-order valence-electron chi connectivity index (χ2n) is 7.30. The molecular weight excluding hydrogens is 391 g/mol. The fourth-order valence-corrected chi connectivity index (χ4v) is 2.41. The maximum absolute atomic E-state index is 13.8. The van der Waals surface area contributed by atoms with Crippen LogP contribution in [0.25, 0.3) is 0 Å². The van der Waals surface area contributed by atoms with Crippen LogP contribution < -0.4 is 5.32 Å². The van der Waals surface area contributed by atoms with Crippen molar-refractivity contribution in [3.8, 4) is 0 Å². The van der Waals surface area contributed by atoms with Crippen molar-refractivity contribution in [2.24, 2.45) is 0 Å². The molecule has 0 saturated heterocycles. The first kappa shape index (κ1) is 24.5. The third-order valence-electron chi connectivity index (χ3n) is 3.72. The maximum atomic E-state index is 13.8. The van der Waals surface area contributed by atoms with Crippen molar-refractivity contribution < 1.29 is 37.3 Å². The van der Waals surface area contributed by atoms with Gasteiger partial charge < -0.3 is 19.9 Å². The molecule has 0 fully saturated rings. The number of ether oxygens (including phenoxy) is 2. The molecule has 0 bridgehead atoms. The number of aliphatic hydroxyl groups is 1. The molecule has 0 heterocycles. The zero-order chi connectivity index (χ0) is 22.3. The van der Waals surface area contributed by atoms with Crippen LogP contribution in [-0.4, -0.2) is 47.2 Å². The number of carbonyl (C=O) groups excluding carboxylic acids is 2. The van der Waals surface area contributed by atoms with Crippen LogP contribution in [0.1, 0.15) is 33.3 Å². The lowest BCUT2D eigenvalue weighted by Crippen LogP contribution is -2.61. The van der Waals surface area contributed by atoms with Gasteiger partial charge in [0.2, 0.25) is 0 Å². The molecule has 1 rings (SSSR count). The Hall–Kier alpha value is -2.55. The topological polar surface area (TPSA) is 84.9 Å². The van der Waals surface area contributed by atoms with Gasteiger partial charge in [-0.15, -0.1) is 0 Å². The lowest BCUT2D eigenvalue weighted by atomic mass is 9.87. The third-order valence-corrected chi connectivity index (χ3v) is 3.72. The van der Waals surface area contributed by atoms with Crippen molar-refractivity contribution in [3.63, 3.8) is 0 Å². The fraction of sp³-hybridized carbons (Fsp3) is 0.500. The Bertz CT molecular complexity index is 713. The monoisotopic (exact) mass is 417 g/mol. The van der Waals surface area contributed by atoms with Crippen LogP contribution >= 0.6 is 0 Å². The third kappa shape index (κ3) is 7.77. The van der Waals surface area contributed by atoms with E-state index in [2.05, 4.69) is 10.1 Å². The Morgan fingerprint density at radius 2 is 1.76 bits per heavy atom. The summed E-state index contributed by atoms with van der Waals surface area (Å²) in [6.07, 6.45) is -5.93. The van der Waals surface area contributed by atoms with E-state index < -0.39 is 35.5 Å². The molecule has 0 unspecified atom stereocenters. The van der Waals surface area contributed by atoms with Crippen LogP contribution in [0.15, 0.2) is 42.5 Å². The quantitative estimate of drug-likeness (QED) is 0.524. The Morgan fingerprint density at radius 3 is 2.24 bits per heavy atom. The zero-order valence-corrected chi connectivity index (χ0v) is 16.7. The van der Waals surface area contributed by atoms with Gasteiger partial charge in [-0.05, 0) is 45.8 Å². The smallest absolute Gasteiger partial charge is 0.422 e. The van der Waals surface area contributed by atoms with Crippen molar-refractivity contribution in [2.45, 2.75) is 57.5 Å². The van der Waals surface area contributed by atoms with Gasteiger partial charge in [0.1, 0.15) is 5.60 Å². The summed E-state index contributed by atoms with van der Waals surface area (Å²) in [7, 11) is 0. The van der Waals surface area contributed by atoms with Crippen molar-refractivity contribution in [2.75, 3.05) is 6.61 Å². The van der Waals surface area contributed by atoms with Crippen LogP contribution in [0.4, 0.5) is 18.0 Å². The molecule has 0 aliphatic rings. The number of hydrogen-bond acceptors (Lipinski definition) is 5. The van der Waals surface area contributed by atoms with E-state index in [1.54, 1.807) is 51.1 Å². The van der Waals surface area contributed by atoms with Gasteiger partial charge in [0.25, 0.3) is 0 Å². The number of amides is 1. The van der Waals surface area contributed by atoms with Crippen LogP contribution in [0.2, 0.25) is 0 Å². The number of alkyl halides is 3. The second-order valence-corrected chi connectivity index (χ2v) is 7.30. The molecule has 162 valence electrons. The molecule has 0 aliphatic carbocycles. The molecule has 0 saturated carbocycles. The van der Waals surface area contributed by atoms with Crippen LogP contribution in [0.3, 0.4) is 0 Å². The predicted octanol–water partition coefficient (Wildman–Crippen LogP) is 3.54. The number of nitrogens with one attached hydrogen (secondary N) is 1. The number of carbonyl (C=O) groups is 2. The summed E-state index contributed by atoms with van der Waals surface area (Å²) in [5.74, 6) is -1.05. The van der Waals surface area contributed by atoms with E-state index in [-0.39, 0.29) is 19.1 Å². The van der Waals surface area contributed by atoms with Gasteiger partial charge in [-0.3, -0.25) is 0 Å². The van der Waals surface area contributed by atoms with Crippen molar-refractivity contribution in [1.82, 2.24) is 5.32 Å². The van der Waals surface area contributed by atoms with Gasteiger partial charge in [0, 0.05) is 6.08 Å². The highest BCUT2D eigenvalue weighted by atomic mass is 19.4. The normalized spacial score (nSPS) is 15.4. The van der Waals surface area contributed by atoms with Gasteiger partial charge in [0.15, 0.2) is 5.60 Å². The Kier molecular flexibility index (Phi) is 8.25. The molecule has 9 heteroatoms. The van der Waals surface area contributed by atoms with Crippen molar-refractivity contribution in [3.05, 3.63) is 48.0 Å². The van der Waals surface area contributed by atoms with E-state index in [1.165, 1.54) is 6.92 Å². The van der Waals surface area contributed by atoms with Gasteiger partial charge in [0.05, 0.1) is 12.6 Å². The SMILES string of the molecule is CCOC(=O)/C=C/[C@](O)([C@H](Cc1ccccc1)NC(=O)OC(C)(C)C)C(F)(F)F. The maximum Gasteiger partial charge on any atom is 0.422 e. The summed E-state index contributed by atoms with van der Waals surface area (Å²) < 4.78 is 51.1. The van der Waals surface area contributed by atoms with Crippen LogP contribution in [-0.2, 0) is 20.7 Å². The molecule has 0 spiro atoms. The average Bonchev–Trinajstić information content (AvgIpc) is 2.57. The summed E-state index contributed by atoms with van der Waals surface area (Å²) in [4.78, 5) is 23.7. The minimum absolute atomic E-state index is 0.0444. The predicted molar refractivity (Wildman–Crippen MR) is 100 cm³/mol. The van der Waals surface area contributed by atoms with E-state index in [9.17, 15) is 27.9 Å². The summed E-state index contributed by atoms with van der Waals surface area (Å²) >= 11 is 0. The van der Waals surface area contributed by atoms with Crippen molar-refractivity contribution >= 4 is 12.1 Å². The molecule has 6 nitrogen and oxygen atoms in total. The van der Waals surface area contributed by atoms with E-state index in [4.69, 9.17) is 4.74 Å². The van der Waals surface area contributed by atoms with E-state index in [0.29, 0.717) is 11.6 Å². The number of halogens is 3. The van der Waals surface area contributed by atoms with Crippen LogP contribution in [0.5, 0.6) is 0 Å². The number of benzene rings is 1. The molecule has 29 heavy (non-hydrogen) atoms. The molecule has 0 aromatic heterocycles. The summed E-state index contributed by atoms with van der Waals surface area (Å²) in [5.41, 5.74) is -4.08. The minimum Gasteiger partial charge on any atom is -0.463 e. The number of esters is 1. The van der Waals surface area contributed by atoms with Crippen molar-refractivity contribution in [1.29, 1.82) is 0 Å². The second kappa shape index (κ2) is 9.78. The summed E-state index contributed by atoms with van der Waals surface area (Å²) in [6.45, 7) is 6.10. The first-order chi connectivity index (χ1) is 13.3. The average molecular weight is 417 g/mol. The molecule has 1 amide bonds. The highest BCUT2D eigenvalue weighted by Crippen LogP contribution is 2.36. The lowest BCUT2D eigenvalue weighted by Gasteiger charge is -2.36. The molecule has 2 N–H and O–H groups in total. The zero-order valence-electron chi connectivity index (χ0n) is 16.7. The standard InChI is InChI=1S/C20H26F3NO5/c1-5-28-16(25)11-12-19(27,20(21,22)23)15(13-14-9-7-6-8-10-14)24-17(26)29-18(2,3)4/h6-12,15,27H,5,13H2,1-4H3,(H,24,26)/b12-11+/t15-,19-/m0/s1. The first-order valence-corrected chi connectivity index (χ1v) is 8.97. The highest BCUT2D eigenvalue weighted by molar-refractivity contribution is 5.82. The fourth-order valence-electron chi connectivity index (χ4n) is 2.41. The van der Waals surface area contributed by atoms with E-state index in [0.717, 1.165) is 0 Å². The largest absolute Gasteiger partial charge is 0.463 e. The van der Waals surface area contributed by atoms with Gasteiger partial charge in [-0.25, -0.2) is 9.59 Å². The number of hydrogen-bond donors (Lipinski definition) is 2. The van der Waals surface area contributed by atoms with Crippen LogP contribution in [0, 0.1) is 0 Å². The van der Waals surface area contributed by atoms with Gasteiger partial charge in [-0.1, -0.05) is 30.3 Å². The number of alkyl carbamates (subject to hydrolysis) is 1. The molecule has 1 aromatic rings. The van der Waals surface area contributed by atoms with Gasteiger partial charge >= 0.3 is 18.2 Å². The molecule has 0 aliphatic heterocycles. The lowest BCUT2D eigenvalue weighted by molar-refractivity contribution is -0.248. The Morgan fingerprint density at radius 1 is 1.17 bits per heavy atom. The molecule has 2 atom stereocenters. The molecule has 0 radical (unpaired) electrons. The van der Waals surface area contributed by atoms with E-state index in [1.807, 2.05) is 0 Å². The minimum atomic E-state index is -5.20. The number of rotatable bonds is 7. The summed E-state index contributed by atoms with van der Waals surface area (Å²) in [5, 5.41) is 12.6. The van der Waals surface area contributed by atoms with Gasteiger partial charge in [-0.2, -0.15) is 13.2 Å². The molecule has 1 aromatic carbocycles. The summed E-state index contributed by atoms with van der Waals surface area (Å²) in [6, 6.07) is 6.13.